The second kappa shape index (κ2) is 10.8. The van der Waals surface area contributed by atoms with Crippen molar-refractivity contribution in [2.24, 2.45) is 0 Å². The molecule has 0 amide bonds. The van der Waals surface area contributed by atoms with E-state index in [1.807, 2.05) is 13.8 Å². The molecule has 0 radical (unpaired) electrons. The number of ether oxygens (including phenoxy) is 4. The van der Waals surface area contributed by atoms with Crippen LogP contribution in [0, 0.1) is 0 Å². The van der Waals surface area contributed by atoms with Gasteiger partial charge in [0, 0.05) is 31.0 Å². The summed E-state index contributed by atoms with van der Waals surface area (Å²) in [4.78, 5) is 24.4. The van der Waals surface area contributed by atoms with E-state index in [4.69, 9.17) is 18.9 Å². The molecule has 0 saturated heterocycles. The van der Waals surface area contributed by atoms with Crippen LogP contribution in [0.15, 0.2) is 22.5 Å². The molecule has 1 N–H and O–H groups in total. The Morgan fingerprint density at radius 2 is 1.25 bits per heavy atom. The van der Waals surface area contributed by atoms with Crippen molar-refractivity contribution in [2.75, 3.05) is 39.6 Å². The summed E-state index contributed by atoms with van der Waals surface area (Å²) in [6.07, 6.45) is 0.186. The van der Waals surface area contributed by atoms with E-state index in [2.05, 4.69) is 5.32 Å². The Kier molecular flexibility index (Phi) is 9.11. The third-order valence-electron chi connectivity index (χ3n) is 3.46. The SMILES string of the molecule is CCOCCOC(=O)C1=C(C)NC(C)=C(C(=O)OCCOCC)C1. The average molecular weight is 341 g/mol. The lowest BCUT2D eigenvalue weighted by Gasteiger charge is -2.22. The van der Waals surface area contributed by atoms with Gasteiger partial charge in [0.2, 0.25) is 0 Å². The van der Waals surface area contributed by atoms with E-state index < -0.39 is 11.9 Å². The highest BCUT2D eigenvalue weighted by atomic mass is 16.6. The molecule has 24 heavy (non-hydrogen) atoms. The van der Waals surface area contributed by atoms with Crippen LogP contribution in [0.4, 0.5) is 0 Å². The van der Waals surface area contributed by atoms with Gasteiger partial charge in [0.05, 0.1) is 24.4 Å². The van der Waals surface area contributed by atoms with Crippen molar-refractivity contribution in [2.45, 2.75) is 34.1 Å². The van der Waals surface area contributed by atoms with Gasteiger partial charge in [-0.2, -0.15) is 0 Å². The van der Waals surface area contributed by atoms with E-state index in [0.29, 0.717) is 49.0 Å². The highest BCUT2D eigenvalue weighted by molar-refractivity contribution is 5.96. The van der Waals surface area contributed by atoms with Crippen molar-refractivity contribution in [3.8, 4) is 0 Å². The maximum Gasteiger partial charge on any atom is 0.336 e. The summed E-state index contributed by atoms with van der Waals surface area (Å²) in [7, 11) is 0. The van der Waals surface area contributed by atoms with Gasteiger partial charge in [-0.1, -0.05) is 0 Å². The lowest BCUT2D eigenvalue weighted by molar-refractivity contribution is -0.141. The van der Waals surface area contributed by atoms with Crippen LogP contribution < -0.4 is 5.32 Å². The Balaban J connectivity index is 2.59. The maximum absolute atomic E-state index is 12.2. The van der Waals surface area contributed by atoms with E-state index in [-0.39, 0.29) is 19.6 Å². The summed E-state index contributed by atoms with van der Waals surface area (Å²) in [6.45, 7) is 9.50. The first-order valence-electron chi connectivity index (χ1n) is 8.17. The summed E-state index contributed by atoms with van der Waals surface area (Å²) < 4.78 is 20.6. The molecule has 136 valence electrons. The van der Waals surface area contributed by atoms with Gasteiger partial charge in [0.1, 0.15) is 13.2 Å². The fourth-order valence-corrected chi connectivity index (χ4v) is 2.17. The molecule has 7 nitrogen and oxygen atoms in total. The number of hydrogen-bond donors (Lipinski definition) is 1. The van der Waals surface area contributed by atoms with E-state index in [0.717, 1.165) is 0 Å². The van der Waals surface area contributed by atoms with Gasteiger partial charge in [0.25, 0.3) is 0 Å². The van der Waals surface area contributed by atoms with Gasteiger partial charge >= 0.3 is 11.9 Å². The normalized spacial score (nSPS) is 14.5. The number of carbonyl (C=O) groups excluding carboxylic acids is 2. The van der Waals surface area contributed by atoms with Crippen LogP contribution in [0.25, 0.3) is 0 Å². The van der Waals surface area contributed by atoms with Crippen LogP contribution in [0.5, 0.6) is 0 Å². The second-order valence-corrected chi connectivity index (χ2v) is 5.17. The summed E-state index contributed by atoms with van der Waals surface area (Å²) in [6, 6.07) is 0. The fourth-order valence-electron chi connectivity index (χ4n) is 2.17. The van der Waals surface area contributed by atoms with Crippen LogP contribution in [0.1, 0.15) is 34.1 Å². The smallest absolute Gasteiger partial charge is 0.336 e. The molecule has 1 aliphatic heterocycles. The molecule has 0 aromatic carbocycles. The molecule has 0 aromatic heterocycles. The van der Waals surface area contributed by atoms with Gasteiger partial charge in [-0.25, -0.2) is 9.59 Å². The number of hydrogen-bond acceptors (Lipinski definition) is 7. The number of allylic oxidation sites excluding steroid dienone is 2. The molecule has 0 aromatic rings. The van der Waals surface area contributed by atoms with E-state index in [1.165, 1.54) is 0 Å². The predicted molar refractivity (Wildman–Crippen MR) is 88.1 cm³/mol. The molecule has 0 unspecified atom stereocenters. The first-order valence-corrected chi connectivity index (χ1v) is 8.17. The van der Waals surface area contributed by atoms with E-state index >= 15 is 0 Å². The number of carbonyl (C=O) groups is 2. The lowest BCUT2D eigenvalue weighted by Crippen LogP contribution is -2.27. The Bertz CT molecular complexity index is 465. The van der Waals surface area contributed by atoms with Crippen LogP contribution >= 0.6 is 0 Å². The average Bonchev–Trinajstić information content (AvgIpc) is 2.55. The molecular formula is C17H27NO6. The molecule has 0 atom stereocenters. The molecule has 7 heteroatoms. The Morgan fingerprint density at radius 3 is 1.62 bits per heavy atom. The molecule has 0 fully saturated rings. The molecule has 0 aliphatic carbocycles. The molecule has 0 spiro atoms. The topological polar surface area (TPSA) is 83.1 Å². The van der Waals surface area contributed by atoms with Crippen LogP contribution in [-0.4, -0.2) is 51.6 Å². The summed E-state index contributed by atoms with van der Waals surface area (Å²) in [5, 5.41) is 3.04. The third-order valence-corrected chi connectivity index (χ3v) is 3.46. The van der Waals surface area contributed by atoms with Crippen molar-refractivity contribution in [3.05, 3.63) is 22.5 Å². The monoisotopic (exact) mass is 341 g/mol. The minimum Gasteiger partial charge on any atom is -0.460 e. The number of rotatable bonds is 10. The van der Waals surface area contributed by atoms with Gasteiger partial charge in [-0.05, 0) is 27.7 Å². The van der Waals surface area contributed by atoms with Gasteiger partial charge in [-0.15, -0.1) is 0 Å². The summed E-state index contributed by atoms with van der Waals surface area (Å²) in [5.41, 5.74) is 2.21. The Hall–Kier alpha value is -1.86. The zero-order valence-electron chi connectivity index (χ0n) is 14.9. The summed E-state index contributed by atoms with van der Waals surface area (Å²) >= 11 is 0. The van der Waals surface area contributed by atoms with E-state index in [1.54, 1.807) is 13.8 Å². The Morgan fingerprint density at radius 1 is 0.833 bits per heavy atom. The molecule has 1 aliphatic rings. The highest BCUT2D eigenvalue weighted by Crippen LogP contribution is 2.24. The van der Waals surface area contributed by atoms with Crippen molar-refractivity contribution < 1.29 is 28.5 Å². The summed E-state index contributed by atoms with van der Waals surface area (Å²) in [5.74, 6) is -0.904. The second-order valence-electron chi connectivity index (χ2n) is 5.17. The van der Waals surface area contributed by atoms with Gasteiger partial charge < -0.3 is 24.3 Å². The number of nitrogens with one attached hydrogen (secondary N) is 1. The number of esters is 2. The predicted octanol–water partition coefficient (Wildman–Crippen LogP) is 1.69. The first-order chi connectivity index (χ1) is 11.5. The zero-order chi connectivity index (χ0) is 17.9. The van der Waals surface area contributed by atoms with E-state index in [9.17, 15) is 9.59 Å². The Labute approximate surface area is 143 Å². The van der Waals surface area contributed by atoms with Crippen LogP contribution in [-0.2, 0) is 28.5 Å². The quantitative estimate of drug-likeness (QED) is 0.478. The van der Waals surface area contributed by atoms with Crippen LogP contribution in [0.2, 0.25) is 0 Å². The number of dihydropyridines is 1. The molecule has 1 rings (SSSR count). The van der Waals surface area contributed by atoms with Gasteiger partial charge in [-0.3, -0.25) is 0 Å². The first kappa shape index (κ1) is 20.2. The minimum atomic E-state index is -0.452. The van der Waals surface area contributed by atoms with Crippen molar-refractivity contribution in [3.63, 3.8) is 0 Å². The van der Waals surface area contributed by atoms with Gasteiger partial charge in [0.15, 0.2) is 0 Å². The largest absolute Gasteiger partial charge is 0.460 e. The van der Waals surface area contributed by atoms with Crippen molar-refractivity contribution in [1.29, 1.82) is 0 Å². The van der Waals surface area contributed by atoms with Crippen molar-refractivity contribution >= 4 is 11.9 Å². The zero-order valence-corrected chi connectivity index (χ0v) is 14.9. The standard InChI is InChI=1S/C17H27NO6/c1-5-21-7-9-23-16(19)14-11-15(13(4)18-12(14)3)17(20)24-10-8-22-6-2/h18H,5-11H2,1-4H3. The molecular weight excluding hydrogens is 314 g/mol. The third kappa shape index (κ3) is 6.33. The van der Waals surface area contributed by atoms with Crippen LogP contribution in [0.3, 0.4) is 0 Å². The minimum absolute atomic E-state index is 0.181. The lowest BCUT2D eigenvalue weighted by atomic mass is 9.98. The maximum atomic E-state index is 12.2. The fraction of sp³-hybridized carbons (Fsp3) is 0.647. The molecule has 0 bridgehead atoms. The molecule has 1 heterocycles. The molecule has 0 saturated carbocycles. The highest BCUT2D eigenvalue weighted by Gasteiger charge is 2.26. The van der Waals surface area contributed by atoms with Crippen molar-refractivity contribution in [1.82, 2.24) is 5.32 Å².